The van der Waals surface area contributed by atoms with E-state index in [1.807, 2.05) is 19.1 Å². The summed E-state index contributed by atoms with van der Waals surface area (Å²) >= 11 is 1.41. The van der Waals surface area contributed by atoms with Gasteiger partial charge in [0, 0.05) is 34.0 Å². The van der Waals surface area contributed by atoms with E-state index in [1.54, 1.807) is 29.2 Å². The highest BCUT2D eigenvalue weighted by Crippen LogP contribution is 2.30. The fourth-order valence-corrected chi connectivity index (χ4v) is 5.90. The number of thiophene rings is 1. The summed E-state index contributed by atoms with van der Waals surface area (Å²) in [5, 5.41) is 0. The number of rotatable bonds is 6. The molecule has 3 rings (SSSR count). The molecule has 0 aliphatic carbocycles. The molecule has 0 radical (unpaired) electrons. The van der Waals surface area contributed by atoms with E-state index >= 15 is 0 Å². The van der Waals surface area contributed by atoms with Crippen LogP contribution in [-0.4, -0.2) is 43.3 Å². The molecule has 0 bridgehead atoms. The third-order valence-corrected chi connectivity index (χ3v) is 7.39. The second-order valence-corrected chi connectivity index (χ2v) is 9.95. The van der Waals surface area contributed by atoms with E-state index in [-0.39, 0.29) is 29.3 Å². The van der Waals surface area contributed by atoms with Crippen LogP contribution in [0.25, 0.3) is 16.5 Å². The van der Waals surface area contributed by atoms with Gasteiger partial charge in [-0.3, -0.25) is 4.79 Å². The van der Waals surface area contributed by atoms with Gasteiger partial charge in [-0.25, -0.2) is 12.8 Å². The number of sulfone groups is 1. The Kier molecular flexibility index (Phi) is 6.11. The highest BCUT2D eigenvalue weighted by molar-refractivity contribution is 7.91. The molecule has 1 aromatic heterocycles. The Hall–Kier alpha value is -1.99. The number of benzene rings is 1. The number of carbonyl (C=O) groups is 1. The maximum absolute atomic E-state index is 13.9. The van der Waals surface area contributed by atoms with Crippen molar-refractivity contribution in [3.63, 3.8) is 0 Å². The van der Waals surface area contributed by atoms with Crippen LogP contribution in [0.5, 0.6) is 0 Å². The van der Waals surface area contributed by atoms with Crippen molar-refractivity contribution in [3.8, 4) is 10.4 Å². The Morgan fingerprint density at radius 3 is 2.74 bits per heavy atom. The summed E-state index contributed by atoms with van der Waals surface area (Å²) in [6.07, 6.45) is 4.46. The minimum absolute atomic E-state index is 0.0447. The second kappa shape index (κ2) is 8.35. The number of nitrogens with zero attached hydrogens (tertiary/aromatic N) is 1. The molecule has 27 heavy (non-hydrogen) atoms. The zero-order valence-electron chi connectivity index (χ0n) is 15.1. The molecule has 1 fully saturated rings. The summed E-state index contributed by atoms with van der Waals surface area (Å²) in [7, 11) is -3.04. The molecule has 7 heteroatoms. The van der Waals surface area contributed by atoms with Gasteiger partial charge in [-0.1, -0.05) is 25.1 Å². The zero-order chi connectivity index (χ0) is 19.4. The highest BCUT2D eigenvalue weighted by atomic mass is 32.2. The van der Waals surface area contributed by atoms with Crippen LogP contribution in [0, 0.1) is 5.82 Å². The Balaban J connectivity index is 1.73. The zero-order valence-corrected chi connectivity index (χ0v) is 16.7. The van der Waals surface area contributed by atoms with Crippen LogP contribution in [0.3, 0.4) is 0 Å². The van der Waals surface area contributed by atoms with E-state index in [0.29, 0.717) is 18.5 Å². The predicted molar refractivity (Wildman–Crippen MR) is 108 cm³/mol. The molecule has 1 aromatic carbocycles. The van der Waals surface area contributed by atoms with Crippen LogP contribution < -0.4 is 0 Å². The standard InChI is InChI=1S/C20H22FNO3S2/c1-2-12-22(15-11-13-27(24,25)14-15)20(23)10-8-16-7-9-19(26-16)17-5-3-4-6-18(17)21/h3-10,15H,2,11-14H2,1H3. The smallest absolute Gasteiger partial charge is 0.246 e. The molecular weight excluding hydrogens is 385 g/mol. The number of carbonyl (C=O) groups excluding carboxylic acids is 1. The Morgan fingerprint density at radius 2 is 2.07 bits per heavy atom. The third-order valence-electron chi connectivity index (χ3n) is 4.55. The summed E-state index contributed by atoms with van der Waals surface area (Å²) < 4.78 is 37.4. The van der Waals surface area contributed by atoms with Gasteiger partial charge in [-0.05, 0) is 37.1 Å². The van der Waals surface area contributed by atoms with Gasteiger partial charge in [0.2, 0.25) is 5.91 Å². The van der Waals surface area contributed by atoms with Crippen LogP contribution >= 0.6 is 11.3 Å². The van der Waals surface area contributed by atoms with Gasteiger partial charge in [0.05, 0.1) is 11.5 Å². The van der Waals surface area contributed by atoms with Crippen molar-refractivity contribution in [3.05, 3.63) is 53.2 Å². The molecule has 0 spiro atoms. The first-order valence-electron chi connectivity index (χ1n) is 8.93. The van der Waals surface area contributed by atoms with E-state index < -0.39 is 9.84 Å². The van der Waals surface area contributed by atoms with Crippen LogP contribution in [0.2, 0.25) is 0 Å². The van der Waals surface area contributed by atoms with Crippen LogP contribution in [0.4, 0.5) is 4.39 Å². The Bertz CT molecular complexity index is 950. The molecule has 1 aliphatic rings. The molecule has 2 heterocycles. The summed E-state index contributed by atoms with van der Waals surface area (Å²) in [5.74, 6) is -0.267. The summed E-state index contributed by atoms with van der Waals surface area (Å²) in [6, 6.07) is 10.0. The normalized spacial score (nSPS) is 18.8. The topological polar surface area (TPSA) is 54.5 Å². The molecule has 4 nitrogen and oxygen atoms in total. The van der Waals surface area contributed by atoms with Crippen LogP contribution in [-0.2, 0) is 14.6 Å². The first-order valence-corrected chi connectivity index (χ1v) is 11.6. The van der Waals surface area contributed by atoms with Gasteiger partial charge in [0.15, 0.2) is 9.84 Å². The van der Waals surface area contributed by atoms with E-state index in [1.165, 1.54) is 23.5 Å². The quantitative estimate of drug-likeness (QED) is 0.681. The fraction of sp³-hybridized carbons (Fsp3) is 0.350. The van der Waals surface area contributed by atoms with Gasteiger partial charge in [0.25, 0.3) is 0 Å². The largest absolute Gasteiger partial charge is 0.335 e. The lowest BCUT2D eigenvalue weighted by Gasteiger charge is -2.26. The Morgan fingerprint density at radius 1 is 1.30 bits per heavy atom. The van der Waals surface area contributed by atoms with Crippen molar-refractivity contribution in [2.24, 2.45) is 0 Å². The highest BCUT2D eigenvalue weighted by Gasteiger charge is 2.33. The third kappa shape index (κ3) is 4.84. The molecule has 144 valence electrons. The number of hydrogen-bond donors (Lipinski definition) is 0. The summed E-state index contributed by atoms with van der Waals surface area (Å²) in [6.45, 7) is 2.50. The lowest BCUT2D eigenvalue weighted by Crippen LogP contribution is -2.40. The number of amides is 1. The van der Waals surface area contributed by atoms with Gasteiger partial charge >= 0.3 is 0 Å². The SMILES string of the molecule is CCCN(C(=O)C=Cc1ccc(-c2ccccc2F)s1)C1CCS(=O)(=O)C1. The van der Waals surface area contributed by atoms with E-state index in [2.05, 4.69) is 0 Å². The number of halogens is 1. The first kappa shape index (κ1) is 19.8. The fourth-order valence-electron chi connectivity index (χ4n) is 3.23. The van der Waals surface area contributed by atoms with Crippen molar-refractivity contribution in [2.75, 3.05) is 18.1 Å². The predicted octanol–water partition coefficient (Wildman–Crippen LogP) is 3.99. The van der Waals surface area contributed by atoms with E-state index in [9.17, 15) is 17.6 Å². The van der Waals surface area contributed by atoms with Crippen molar-refractivity contribution in [1.29, 1.82) is 0 Å². The average Bonchev–Trinajstić information content (AvgIpc) is 3.24. The minimum atomic E-state index is -3.04. The van der Waals surface area contributed by atoms with Crippen molar-refractivity contribution >= 4 is 33.2 Å². The maximum atomic E-state index is 13.9. The van der Waals surface area contributed by atoms with Gasteiger partial charge in [0.1, 0.15) is 5.82 Å². The van der Waals surface area contributed by atoms with E-state index in [4.69, 9.17) is 0 Å². The Labute approximate surface area is 163 Å². The lowest BCUT2D eigenvalue weighted by atomic mass is 10.2. The maximum Gasteiger partial charge on any atom is 0.246 e. The average molecular weight is 408 g/mol. The lowest BCUT2D eigenvalue weighted by molar-refractivity contribution is -0.127. The monoisotopic (exact) mass is 407 g/mol. The molecule has 1 amide bonds. The van der Waals surface area contributed by atoms with Crippen LogP contribution in [0.1, 0.15) is 24.6 Å². The molecule has 1 atom stereocenters. The summed E-state index contributed by atoms with van der Waals surface area (Å²) in [4.78, 5) is 15.9. The van der Waals surface area contributed by atoms with Crippen molar-refractivity contribution in [2.45, 2.75) is 25.8 Å². The van der Waals surface area contributed by atoms with Crippen molar-refractivity contribution < 1.29 is 17.6 Å². The molecule has 1 aliphatic heterocycles. The molecule has 2 aromatic rings. The number of hydrogen-bond acceptors (Lipinski definition) is 4. The van der Waals surface area contributed by atoms with Gasteiger partial charge in [-0.2, -0.15) is 0 Å². The second-order valence-electron chi connectivity index (χ2n) is 6.60. The minimum Gasteiger partial charge on any atom is -0.335 e. The van der Waals surface area contributed by atoms with E-state index in [0.717, 1.165) is 16.2 Å². The van der Waals surface area contributed by atoms with Crippen molar-refractivity contribution in [1.82, 2.24) is 4.90 Å². The molecule has 1 saturated heterocycles. The molecule has 0 saturated carbocycles. The van der Waals surface area contributed by atoms with Gasteiger partial charge < -0.3 is 4.90 Å². The van der Waals surface area contributed by atoms with Crippen LogP contribution in [0.15, 0.2) is 42.5 Å². The first-order chi connectivity index (χ1) is 12.9. The molecular formula is C20H22FNO3S2. The molecule has 0 N–H and O–H groups in total. The molecule has 1 unspecified atom stereocenters. The summed E-state index contributed by atoms with van der Waals surface area (Å²) in [5.41, 5.74) is 0.539. The van der Waals surface area contributed by atoms with Gasteiger partial charge in [-0.15, -0.1) is 11.3 Å².